The Bertz CT molecular complexity index is 657. The van der Waals surface area contributed by atoms with E-state index in [0.29, 0.717) is 0 Å². The van der Waals surface area contributed by atoms with Crippen molar-refractivity contribution in [3.63, 3.8) is 0 Å². The summed E-state index contributed by atoms with van der Waals surface area (Å²) in [6.45, 7) is 0. The lowest BCUT2D eigenvalue weighted by atomic mass is 10.3. The number of sulfone groups is 1. The van der Waals surface area contributed by atoms with Crippen LogP contribution in [0.3, 0.4) is 0 Å². The van der Waals surface area contributed by atoms with Crippen molar-refractivity contribution in [3.8, 4) is 0 Å². The third-order valence-electron chi connectivity index (χ3n) is 2.57. The lowest BCUT2D eigenvalue weighted by Crippen LogP contribution is -2.35. The monoisotopic (exact) mass is 310 g/mol. The maximum absolute atomic E-state index is 12.0. The van der Waals surface area contributed by atoms with E-state index in [9.17, 15) is 16.8 Å². The lowest BCUT2D eigenvalue weighted by Gasteiger charge is -2.11. The van der Waals surface area contributed by atoms with Crippen LogP contribution in [-0.4, -0.2) is 39.4 Å². The molecule has 0 saturated carbocycles. The van der Waals surface area contributed by atoms with E-state index >= 15 is 0 Å². The third kappa shape index (κ3) is 3.00. The maximum atomic E-state index is 12.0. The Morgan fingerprint density at radius 2 is 2.17 bits per heavy atom. The predicted octanol–water partition coefficient (Wildman–Crippen LogP) is 0.200. The van der Waals surface area contributed by atoms with Gasteiger partial charge in [0.25, 0.3) is 0 Å². The van der Waals surface area contributed by atoms with Crippen molar-refractivity contribution in [2.75, 3.05) is 11.5 Å². The number of hydrogen-bond donors (Lipinski definition) is 1. The fourth-order valence-electron chi connectivity index (χ4n) is 1.74. The number of nitrogens with zero attached hydrogens (tertiary/aromatic N) is 1. The zero-order valence-corrected chi connectivity index (χ0v) is 11.6. The highest BCUT2D eigenvalue weighted by molar-refractivity contribution is 7.92. The van der Waals surface area contributed by atoms with Crippen molar-refractivity contribution in [3.05, 3.63) is 23.5 Å². The van der Waals surface area contributed by atoms with Gasteiger partial charge in [0, 0.05) is 12.2 Å². The molecule has 1 atom stereocenters. The van der Waals surface area contributed by atoms with Crippen molar-refractivity contribution in [2.24, 2.45) is 0 Å². The van der Waals surface area contributed by atoms with Gasteiger partial charge in [-0.2, -0.15) is 0 Å². The number of aromatic nitrogens is 1. The molecule has 1 fully saturated rings. The van der Waals surface area contributed by atoms with Gasteiger partial charge in [0.05, 0.1) is 11.5 Å². The molecule has 9 heteroatoms. The molecule has 2 heterocycles. The molecule has 1 aromatic heterocycles. The van der Waals surface area contributed by atoms with Gasteiger partial charge in [-0.25, -0.2) is 26.5 Å². The number of sulfonamides is 1. The molecule has 2 rings (SSSR count). The topological polar surface area (TPSA) is 93.2 Å². The van der Waals surface area contributed by atoms with E-state index in [0.717, 1.165) is 0 Å². The summed E-state index contributed by atoms with van der Waals surface area (Å²) in [5.41, 5.74) is 0. The standard InChI is InChI=1S/C9H11ClN2O4S2/c10-9-8(2-1-4-11-9)18(15,16)12-7-3-5-17(13,14)6-7/h1-2,4,7,12H,3,5-6H2. The normalized spacial score (nSPS) is 23.1. The molecular weight excluding hydrogens is 300 g/mol. The molecule has 1 unspecified atom stereocenters. The third-order valence-corrected chi connectivity index (χ3v) is 6.30. The van der Waals surface area contributed by atoms with Gasteiger partial charge >= 0.3 is 0 Å². The van der Waals surface area contributed by atoms with Gasteiger partial charge in [-0.3, -0.25) is 0 Å². The van der Waals surface area contributed by atoms with Gasteiger partial charge in [-0.05, 0) is 18.6 Å². The van der Waals surface area contributed by atoms with Gasteiger partial charge in [-0.1, -0.05) is 11.6 Å². The van der Waals surface area contributed by atoms with Gasteiger partial charge in [0.2, 0.25) is 10.0 Å². The summed E-state index contributed by atoms with van der Waals surface area (Å²) in [4.78, 5) is 3.53. The second-order valence-corrected chi connectivity index (χ2v) is 8.28. The first kappa shape index (κ1) is 13.7. The zero-order chi connectivity index (χ0) is 13.4. The van der Waals surface area contributed by atoms with Crippen molar-refractivity contribution in [1.29, 1.82) is 0 Å². The van der Waals surface area contributed by atoms with Gasteiger partial charge in [-0.15, -0.1) is 0 Å². The summed E-state index contributed by atoms with van der Waals surface area (Å²) in [6.07, 6.45) is 1.65. The first-order chi connectivity index (χ1) is 8.30. The number of hydrogen-bond acceptors (Lipinski definition) is 5. The van der Waals surface area contributed by atoms with E-state index < -0.39 is 25.9 Å². The van der Waals surface area contributed by atoms with Crippen LogP contribution in [0.1, 0.15) is 6.42 Å². The van der Waals surface area contributed by atoms with Crippen LogP contribution < -0.4 is 4.72 Å². The molecule has 1 N–H and O–H groups in total. The quantitative estimate of drug-likeness (QED) is 0.805. The minimum absolute atomic E-state index is 0.000951. The zero-order valence-electron chi connectivity index (χ0n) is 9.21. The predicted molar refractivity (Wildman–Crippen MR) is 66.6 cm³/mol. The molecule has 0 radical (unpaired) electrons. The molecule has 6 nitrogen and oxygen atoms in total. The Balaban J connectivity index is 2.22. The van der Waals surface area contributed by atoms with Crippen LogP contribution in [0.25, 0.3) is 0 Å². The van der Waals surface area contributed by atoms with Crippen LogP contribution in [-0.2, 0) is 19.9 Å². The van der Waals surface area contributed by atoms with E-state index in [4.69, 9.17) is 11.6 Å². The Labute approximate surface area is 110 Å². The lowest BCUT2D eigenvalue weighted by molar-refractivity contribution is 0.562. The average Bonchev–Trinajstić information content (AvgIpc) is 2.57. The molecule has 0 amide bonds. The summed E-state index contributed by atoms with van der Waals surface area (Å²) in [5, 5.41) is -0.133. The molecule has 0 aliphatic carbocycles. The van der Waals surface area contributed by atoms with Crippen LogP contribution in [0.15, 0.2) is 23.2 Å². The second kappa shape index (κ2) is 4.76. The van der Waals surface area contributed by atoms with Gasteiger partial charge in [0.15, 0.2) is 9.84 Å². The smallest absolute Gasteiger partial charge is 0.243 e. The summed E-state index contributed by atoms with van der Waals surface area (Å²) < 4.78 is 48.8. The molecule has 0 bridgehead atoms. The molecule has 1 aliphatic rings. The number of pyridine rings is 1. The van der Waals surface area contributed by atoms with Crippen LogP contribution in [0.2, 0.25) is 5.15 Å². The SMILES string of the molecule is O=S1(=O)CCC(NS(=O)(=O)c2cccnc2Cl)C1. The average molecular weight is 311 g/mol. The molecule has 0 spiro atoms. The fraction of sp³-hybridized carbons (Fsp3) is 0.444. The minimum atomic E-state index is -3.83. The number of nitrogens with one attached hydrogen (secondary N) is 1. The van der Waals surface area contributed by atoms with E-state index in [1.165, 1.54) is 18.3 Å². The maximum Gasteiger partial charge on any atom is 0.243 e. The van der Waals surface area contributed by atoms with E-state index in [2.05, 4.69) is 9.71 Å². The molecule has 100 valence electrons. The molecule has 1 saturated heterocycles. The number of halogens is 1. The van der Waals surface area contributed by atoms with Gasteiger partial charge in [0.1, 0.15) is 10.0 Å². The summed E-state index contributed by atoms with van der Waals surface area (Å²) in [6, 6.07) is 2.17. The highest BCUT2D eigenvalue weighted by Crippen LogP contribution is 2.20. The Morgan fingerprint density at radius 3 is 2.72 bits per heavy atom. The molecule has 1 aromatic rings. The van der Waals surface area contributed by atoms with Crippen molar-refractivity contribution in [2.45, 2.75) is 17.4 Å². The summed E-state index contributed by atoms with van der Waals surface area (Å²) in [5.74, 6) is -0.176. The van der Waals surface area contributed by atoms with Crippen LogP contribution >= 0.6 is 11.6 Å². The van der Waals surface area contributed by atoms with Crippen molar-refractivity contribution < 1.29 is 16.8 Å². The molecule has 18 heavy (non-hydrogen) atoms. The highest BCUT2D eigenvalue weighted by Gasteiger charge is 2.32. The van der Waals surface area contributed by atoms with Crippen LogP contribution in [0, 0.1) is 0 Å². The van der Waals surface area contributed by atoms with Crippen molar-refractivity contribution in [1.82, 2.24) is 9.71 Å². The van der Waals surface area contributed by atoms with Crippen LogP contribution in [0.5, 0.6) is 0 Å². The number of rotatable bonds is 3. The van der Waals surface area contributed by atoms with Crippen LogP contribution in [0.4, 0.5) is 0 Å². The molecular formula is C9H11ClN2O4S2. The Kier molecular flexibility index (Phi) is 3.63. The van der Waals surface area contributed by atoms with E-state index in [-0.39, 0.29) is 28.0 Å². The summed E-state index contributed by atoms with van der Waals surface area (Å²) >= 11 is 5.70. The summed E-state index contributed by atoms with van der Waals surface area (Å²) in [7, 11) is -6.97. The second-order valence-electron chi connectivity index (χ2n) is 4.01. The first-order valence-electron chi connectivity index (χ1n) is 5.13. The van der Waals surface area contributed by atoms with Crippen molar-refractivity contribution >= 4 is 31.5 Å². The largest absolute Gasteiger partial charge is 0.243 e. The molecule has 0 aromatic carbocycles. The van der Waals surface area contributed by atoms with E-state index in [1.807, 2.05) is 0 Å². The fourth-order valence-corrected chi connectivity index (χ4v) is 5.24. The molecule has 1 aliphatic heterocycles. The Morgan fingerprint density at radius 1 is 1.44 bits per heavy atom. The highest BCUT2D eigenvalue weighted by atomic mass is 35.5. The van der Waals surface area contributed by atoms with Gasteiger partial charge < -0.3 is 0 Å². The minimum Gasteiger partial charge on any atom is -0.243 e. The first-order valence-corrected chi connectivity index (χ1v) is 8.82. The van der Waals surface area contributed by atoms with E-state index in [1.54, 1.807) is 0 Å². The Hall–Kier alpha value is -0.700.